The summed E-state index contributed by atoms with van der Waals surface area (Å²) < 4.78 is 5.82. The van der Waals surface area contributed by atoms with E-state index in [1.54, 1.807) is 6.20 Å². The van der Waals surface area contributed by atoms with Gasteiger partial charge in [-0.2, -0.15) is 5.10 Å². The molecule has 3 N–H and O–H groups in total. The molecular weight excluding hydrogens is 530 g/mol. The third kappa shape index (κ3) is 6.76. The van der Waals surface area contributed by atoms with Gasteiger partial charge in [-0.15, -0.1) is 0 Å². The molecular formula is C32H37N7O3. The van der Waals surface area contributed by atoms with E-state index in [1.165, 1.54) is 0 Å². The van der Waals surface area contributed by atoms with Crippen molar-refractivity contribution in [1.29, 1.82) is 0 Å². The summed E-state index contributed by atoms with van der Waals surface area (Å²) in [5, 5.41) is 13.3. The normalized spacial score (nSPS) is 12.9. The third-order valence-electron chi connectivity index (χ3n) is 7.52. The molecule has 4 aromatic rings. The van der Waals surface area contributed by atoms with Gasteiger partial charge in [0, 0.05) is 53.5 Å². The number of aromatic nitrogens is 4. The number of ether oxygens (including phenoxy) is 1. The van der Waals surface area contributed by atoms with Gasteiger partial charge >= 0.3 is 0 Å². The summed E-state index contributed by atoms with van der Waals surface area (Å²) >= 11 is 0. The first-order chi connectivity index (χ1) is 20.2. The Labute approximate surface area is 245 Å². The number of fused-ring (bicyclic) bond motifs is 1. The molecule has 0 atom stereocenters. The Bertz CT molecular complexity index is 1550. The van der Waals surface area contributed by atoms with Gasteiger partial charge in [-0.25, -0.2) is 9.97 Å². The van der Waals surface area contributed by atoms with Gasteiger partial charge in [0.25, 0.3) is 5.91 Å². The van der Waals surface area contributed by atoms with Crippen molar-refractivity contribution >= 4 is 23.3 Å². The fraction of sp³-hybridized carbons (Fsp3) is 0.344. The van der Waals surface area contributed by atoms with Crippen LogP contribution in [0.3, 0.4) is 0 Å². The number of benzene rings is 2. The Morgan fingerprint density at radius 3 is 2.57 bits per heavy atom. The van der Waals surface area contributed by atoms with Crippen molar-refractivity contribution < 1.29 is 14.3 Å². The van der Waals surface area contributed by atoms with Gasteiger partial charge in [0.05, 0.1) is 18.4 Å². The first-order valence-electron chi connectivity index (χ1n) is 14.3. The van der Waals surface area contributed by atoms with Crippen LogP contribution in [0.4, 0.5) is 11.5 Å². The van der Waals surface area contributed by atoms with Gasteiger partial charge in [-0.3, -0.25) is 14.7 Å². The standard InChI is InChI=1S/C32H37N7O3/c1-5-29(41)39-15-14-27-26(19-39)31(35-24-12-10-21(11-13-24)23-17-33-34-18-23)37-30(36-27)22-8-7-9-25(16-22)42-20-28(40)38-32(3,4)6-2/h7-13,16-18H,5-6,14-15,19-20H2,1-4H3,(H,33,34)(H,38,40)(H,35,36,37). The summed E-state index contributed by atoms with van der Waals surface area (Å²) in [7, 11) is 0. The maximum Gasteiger partial charge on any atom is 0.258 e. The van der Waals surface area contributed by atoms with E-state index in [0.717, 1.165) is 40.1 Å². The van der Waals surface area contributed by atoms with Crippen LogP contribution in [0.1, 0.15) is 51.8 Å². The second-order valence-corrected chi connectivity index (χ2v) is 11.0. The second kappa shape index (κ2) is 12.4. The number of rotatable bonds is 10. The smallest absolute Gasteiger partial charge is 0.258 e. The number of anilines is 2. The number of nitrogens with zero attached hydrogens (tertiary/aromatic N) is 4. The predicted octanol–water partition coefficient (Wildman–Crippen LogP) is 5.26. The van der Waals surface area contributed by atoms with Crippen LogP contribution in [0, 0.1) is 0 Å². The molecule has 0 spiro atoms. The van der Waals surface area contributed by atoms with Crippen molar-refractivity contribution in [3.63, 3.8) is 0 Å². The van der Waals surface area contributed by atoms with E-state index >= 15 is 0 Å². The molecule has 0 unspecified atom stereocenters. The Kier molecular flexibility index (Phi) is 8.51. The minimum Gasteiger partial charge on any atom is -0.484 e. The first-order valence-corrected chi connectivity index (χ1v) is 14.3. The van der Waals surface area contributed by atoms with Crippen LogP contribution in [0.15, 0.2) is 60.9 Å². The van der Waals surface area contributed by atoms with Crippen molar-refractivity contribution in [3.05, 3.63) is 72.2 Å². The molecule has 0 bridgehead atoms. The third-order valence-corrected chi connectivity index (χ3v) is 7.52. The summed E-state index contributed by atoms with van der Waals surface area (Å²) in [6.45, 7) is 8.85. The second-order valence-electron chi connectivity index (χ2n) is 11.0. The van der Waals surface area contributed by atoms with Crippen LogP contribution in [-0.4, -0.2) is 55.6 Å². The molecule has 42 heavy (non-hydrogen) atoms. The minimum atomic E-state index is -0.292. The van der Waals surface area contributed by atoms with E-state index in [1.807, 2.05) is 87.3 Å². The molecule has 0 radical (unpaired) electrons. The molecule has 10 heteroatoms. The number of carbonyl (C=O) groups excluding carboxylic acids is 2. The highest BCUT2D eigenvalue weighted by atomic mass is 16.5. The largest absolute Gasteiger partial charge is 0.484 e. The summed E-state index contributed by atoms with van der Waals surface area (Å²) in [4.78, 5) is 36.7. The number of H-pyrrole nitrogens is 1. The van der Waals surface area contributed by atoms with E-state index in [0.29, 0.717) is 43.3 Å². The number of aromatic amines is 1. The van der Waals surface area contributed by atoms with Crippen LogP contribution < -0.4 is 15.4 Å². The Morgan fingerprint density at radius 1 is 1.05 bits per heavy atom. The van der Waals surface area contributed by atoms with Crippen LogP contribution in [0.25, 0.3) is 22.5 Å². The van der Waals surface area contributed by atoms with Gasteiger partial charge < -0.3 is 20.3 Å². The van der Waals surface area contributed by atoms with Gasteiger partial charge in [-0.05, 0) is 50.1 Å². The molecule has 218 valence electrons. The summed E-state index contributed by atoms with van der Waals surface area (Å²) in [6.07, 6.45) is 5.54. The molecule has 0 saturated carbocycles. The lowest BCUT2D eigenvalue weighted by atomic mass is 10.0. The zero-order valence-corrected chi connectivity index (χ0v) is 24.5. The Balaban J connectivity index is 1.42. The number of hydrogen-bond donors (Lipinski definition) is 3. The zero-order valence-electron chi connectivity index (χ0n) is 24.5. The molecule has 3 heterocycles. The fourth-order valence-electron chi connectivity index (χ4n) is 4.75. The van der Waals surface area contributed by atoms with Crippen LogP contribution >= 0.6 is 0 Å². The quantitative estimate of drug-likeness (QED) is 0.239. The molecule has 0 saturated heterocycles. The monoisotopic (exact) mass is 567 g/mol. The predicted molar refractivity (Wildman–Crippen MR) is 162 cm³/mol. The number of nitrogens with one attached hydrogen (secondary N) is 3. The SMILES string of the molecule is CCC(=O)N1CCc2nc(-c3cccc(OCC(=O)NC(C)(C)CC)c3)nc(Nc3ccc(-c4cn[nH]c4)cc3)c2C1. The van der Waals surface area contributed by atoms with Crippen LogP contribution in [0.5, 0.6) is 5.75 Å². The lowest BCUT2D eigenvalue weighted by Gasteiger charge is -2.29. The highest BCUT2D eigenvalue weighted by Crippen LogP contribution is 2.31. The maximum absolute atomic E-state index is 12.5. The lowest BCUT2D eigenvalue weighted by molar-refractivity contribution is -0.131. The molecule has 2 aromatic heterocycles. The van der Waals surface area contributed by atoms with E-state index in [2.05, 4.69) is 20.8 Å². The number of amides is 2. The lowest BCUT2D eigenvalue weighted by Crippen LogP contribution is -2.44. The molecule has 1 aliphatic rings. The van der Waals surface area contributed by atoms with Gasteiger partial charge in [0.2, 0.25) is 5.91 Å². The molecule has 2 aromatic carbocycles. The Morgan fingerprint density at radius 2 is 1.86 bits per heavy atom. The molecule has 5 rings (SSSR count). The van der Waals surface area contributed by atoms with Gasteiger partial charge in [-0.1, -0.05) is 38.1 Å². The van der Waals surface area contributed by atoms with Crippen molar-refractivity contribution in [1.82, 2.24) is 30.4 Å². The molecule has 10 nitrogen and oxygen atoms in total. The average molecular weight is 568 g/mol. The fourth-order valence-corrected chi connectivity index (χ4v) is 4.75. The van der Waals surface area contributed by atoms with E-state index in [-0.39, 0.29) is 24.0 Å². The topological polar surface area (TPSA) is 125 Å². The minimum absolute atomic E-state index is 0.0825. The van der Waals surface area contributed by atoms with Gasteiger partial charge in [0.15, 0.2) is 12.4 Å². The molecule has 1 aliphatic heterocycles. The van der Waals surface area contributed by atoms with E-state index in [4.69, 9.17) is 14.7 Å². The molecule has 2 amide bonds. The average Bonchev–Trinajstić information content (AvgIpc) is 3.55. The Hall–Kier alpha value is -4.73. The van der Waals surface area contributed by atoms with Crippen molar-refractivity contribution in [2.24, 2.45) is 0 Å². The van der Waals surface area contributed by atoms with Crippen LogP contribution in [0.2, 0.25) is 0 Å². The van der Waals surface area contributed by atoms with E-state index < -0.39 is 0 Å². The van der Waals surface area contributed by atoms with Crippen LogP contribution in [-0.2, 0) is 22.6 Å². The highest BCUT2D eigenvalue weighted by Gasteiger charge is 2.25. The number of carbonyl (C=O) groups is 2. The van der Waals surface area contributed by atoms with E-state index in [9.17, 15) is 9.59 Å². The summed E-state index contributed by atoms with van der Waals surface area (Å²) in [5.41, 5.74) is 5.22. The molecule has 0 aliphatic carbocycles. The summed E-state index contributed by atoms with van der Waals surface area (Å²) in [5.74, 6) is 1.70. The summed E-state index contributed by atoms with van der Waals surface area (Å²) in [6, 6.07) is 15.5. The number of hydrogen-bond acceptors (Lipinski definition) is 7. The van der Waals surface area contributed by atoms with Crippen molar-refractivity contribution in [3.8, 4) is 28.3 Å². The van der Waals surface area contributed by atoms with Gasteiger partial charge in [0.1, 0.15) is 11.6 Å². The highest BCUT2D eigenvalue weighted by molar-refractivity contribution is 5.78. The first kappa shape index (κ1) is 28.8. The zero-order chi connectivity index (χ0) is 29.7. The maximum atomic E-state index is 12.5. The van der Waals surface area contributed by atoms with Crippen molar-refractivity contribution in [2.75, 3.05) is 18.5 Å². The van der Waals surface area contributed by atoms with Crippen molar-refractivity contribution in [2.45, 2.75) is 59.0 Å². The molecule has 0 fully saturated rings.